The number of hydrogen-bond donors (Lipinski definition) is 2. The Morgan fingerprint density at radius 2 is 2.17 bits per heavy atom. The van der Waals surface area contributed by atoms with Gasteiger partial charge in [0.05, 0.1) is 5.03 Å². The van der Waals surface area contributed by atoms with Gasteiger partial charge < -0.3 is 10.1 Å². The number of aliphatic carboxylic acids is 1. The molecule has 0 bridgehead atoms. The van der Waals surface area contributed by atoms with Gasteiger partial charge in [0.2, 0.25) is 0 Å². The highest BCUT2D eigenvalue weighted by Gasteiger charge is 2.17. The number of hydrogen-bond acceptors (Lipinski definition) is 3. The van der Waals surface area contributed by atoms with Crippen molar-refractivity contribution in [2.75, 3.05) is 0 Å². The van der Waals surface area contributed by atoms with Gasteiger partial charge in [0.25, 0.3) is 5.56 Å². The largest absolute Gasteiger partial charge is 0.480 e. The lowest BCUT2D eigenvalue weighted by atomic mass is 10.2. The minimum atomic E-state index is -0.864. The Kier molecular flexibility index (Phi) is 3.72. The lowest BCUT2D eigenvalue weighted by molar-refractivity contribution is -0.136. The molecule has 1 heterocycles. The summed E-state index contributed by atoms with van der Waals surface area (Å²) >= 11 is 1.17. The van der Waals surface area contributed by atoms with Crippen molar-refractivity contribution in [2.45, 2.75) is 23.6 Å². The summed E-state index contributed by atoms with van der Waals surface area (Å²) in [7, 11) is 0. The molecule has 0 saturated heterocycles. The number of nitrogens with one attached hydrogen (secondary N) is 1. The normalized spacial score (nSPS) is 12.5. The number of aromatic nitrogens is 1. The summed E-state index contributed by atoms with van der Waals surface area (Å²) in [4.78, 5) is 25.5. The molecule has 0 radical (unpaired) electrons. The molecule has 0 aliphatic rings. The fourth-order valence-electron chi connectivity index (χ4n) is 1.71. The van der Waals surface area contributed by atoms with Crippen LogP contribution in [0.3, 0.4) is 0 Å². The van der Waals surface area contributed by atoms with Crippen LogP contribution in [0.2, 0.25) is 0 Å². The number of carbonyl (C=O) groups is 1. The summed E-state index contributed by atoms with van der Waals surface area (Å²) in [6.07, 6.45) is 0.509. The fourth-order valence-corrected chi connectivity index (χ4v) is 2.63. The van der Waals surface area contributed by atoms with Crippen LogP contribution in [0.4, 0.5) is 0 Å². The predicted molar refractivity (Wildman–Crippen MR) is 72.1 cm³/mol. The second-order valence-electron chi connectivity index (χ2n) is 3.90. The molecule has 18 heavy (non-hydrogen) atoms. The SMILES string of the molecule is CCC(Sc1cc2ccccc2c(=O)[nH]1)C(=O)O. The van der Waals surface area contributed by atoms with E-state index in [4.69, 9.17) is 5.11 Å². The molecule has 2 rings (SSSR count). The fraction of sp³-hybridized carbons (Fsp3) is 0.231. The van der Waals surface area contributed by atoms with Gasteiger partial charge in [0, 0.05) is 5.39 Å². The lowest BCUT2D eigenvalue weighted by Crippen LogP contribution is -2.16. The molecule has 0 amide bonds. The van der Waals surface area contributed by atoms with Gasteiger partial charge in [-0.2, -0.15) is 0 Å². The van der Waals surface area contributed by atoms with Crippen LogP contribution >= 0.6 is 11.8 Å². The van der Waals surface area contributed by atoms with Crippen molar-refractivity contribution in [2.24, 2.45) is 0 Å². The van der Waals surface area contributed by atoms with Crippen LogP contribution in [0, 0.1) is 0 Å². The van der Waals surface area contributed by atoms with E-state index in [0.29, 0.717) is 16.8 Å². The number of carboxylic acid groups (broad SMARTS) is 1. The molecule has 94 valence electrons. The molecule has 1 atom stereocenters. The van der Waals surface area contributed by atoms with Gasteiger partial charge in [-0.25, -0.2) is 0 Å². The Labute approximate surface area is 108 Å². The van der Waals surface area contributed by atoms with E-state index in [0.717, 1.165) is 5.39 Å². The highest BCUT2D eigenvalue weighted by molar-refractivity contribution is 8.00. The Hall–Kier alpha value is -1.75. The first-order valence-corrected chi connectivity index (χ1v) is 6.51. The molecule has 4 nitrogen and oxygen atoms in total. The summed E-state index contributed by atoms with van der Waals surface area (Å²) in [6, 6.07) is 9.06. The highest BCUT2D eigenvalue weighted by atomic mass is 32.2. The van der Waals surface area contributed by atoms with Crippen molar-refractivity contribution in [1.29, 1.82) is 0 Å². The maximum absolute atomic E-state index is 11.8. The number of pyridine rings is 1. The van der Waals surface area contributed by atoms with Crippen molar-refractivity contribution >= 4 is 28.5 Å². The Bertz CT molecular complexity index is 635. The summed E-state index contributed by atoms with van der Waals surface area (Å²) in [6.45, 7) is 1.81. The Morgan fingerprint density at radius 3 is 2.83 bits per heavy atom. The average molecular weight is 263 g/mol. The first kappa shape index (κ1) is 12.7. The van der Waals surface area contributed by atoms with Crippen LogP contribution in [0.15, 0.2) is 40.2 Å². The van der Waals surface area contributed by atoms with Crippen molar-refractivity contribution < 1.29 is 9.90 Å². The zero-order valence-corrected chi connectivity index (χ0v) is 10.7. The molecule has 1 aromatic carbocycles. The maximum atomic E-state index is 11.8. The second kappa shape index (κ2) is 5.27. The summed E-state index contributed by atoms with van der Waals surface area (Å²) in [5.41, 5.74) is -0.184. The molecule has 2 aromatic rings. The monoisotopic (exact) mass is 263 g/mol. The van der Waals surface area contributed by atoms with E-state index in [9.17, 15) is 9.59 Å². The number of fused-ring (bicyclic) bond motifs is 1. The van der Waals surface area contributed by atoms with Gasteiger partial charge >= 0.3 is 5.97 Å². The minimum Gasteiger partial charge on any atom is -0.480 e. The second-order valence-corrected chi connectivity index (χ2v) is 5.15. The topological polar surface area (TPSA) is 70.2 Å². The van der Waals surface area contributed by atoms with Gasteiger partial charge in [0.15, 0.2) is 0 Å². The molecular weight excluding hydrogens is 250 g/mol. The summed E-state index contributed by atoms with van der Waals surface area (Å²) in [5, 5.41) is 10.5. The average Bonchev–Trinajstić information content (AvgIpc) is 2.35. The van der Waals surface area contributed by atoms with Crippen molar-refractivity contribution in [3.63, 3.8) is 0 Å². The van der Waals surface area contributed by atoms with Gasteiger partial charge in [-0.05, 0) is 23.9 Å². The van der Waals surface area contributed by atoms with E-state index in [-0.39, 0.29) is 5.56 Å². The number of rotatable bonds is 4. The Balaban J connectivity index is 2.41. The molecule has 0 aliphatic heterocycles. The van der Waals surface area contributed by atoms with E-state index < -0.39 is 11.2 Å². The van der Waals surface area contributed by atoms with Gasteiger partial charge in [-0.15, -0.1) is 0 Å². The standard InChI is InChI=1S/C13H13NO3S/c1-2-10(13(16)17)18-11-7-8-5-3-4-6-9(8)12(15)14-11/h3-7,10H,2H2,1H3,(H,14,15)(H,16,17). The van der Waals surface area contributed by atoms with Crippen molar-refractivity contribution in [3.05, 3.63) is 40.7 Å². The summed E-state index contributed by atoms with van der Waals surface area (Å²) < 4.78 is 0. The van der Waals surface area contributed by atoms with Crippen LogP contribution < -0.4 is 5.56 Å². The number of thioether (sulfide) groups is 1. The molecule has 1 aromatic heterocycles. The Morgan fingerprint density at radius 1 is 1.44 bits per heavy atom. The van der Waals surface area contributed by atoms with E-state index in [1.165, 1.54) is 11.8 Å². The van der Waals surface area contributed by atoms with Crippen LogP contribution in [0.1, 0.15) is 13.3 Å². The van der Waals surface area contributed by atoms with Crippen LogP contribution in [0.25, 0.3) is 10.8 Å². The first-order valence-electron chi connectivity index (χ1n) is 5.63. The van der Waals surface area contributed by atoms with Gasteiger partial charge in [-0.3, -0.25) is 9.59 Å². The quantitative estimate of drug-likeness (QED) is 0.831. The molecule has 0 aliphatic carbocycles. The molecule has 1 unspecified atom stereocenters. The van der Waals surface area contributed by atoms with Crippen LogP contribution in [-0.2, 0) is 4.79 Å². The third kappa shape index (κ3) is 2.56. The molecule has 2 N–H and O–H groups in total. The summed E-state index contributed by atoms with van der Waals surface area (Å²) in [5.74, 6) is -0.864. The third-order valence-electron chi connectivity index (χ3n) is 2.64. The van der Waals surface area contributed by atoms with Crippen molar-refractivity contribution in [1.82, 2.24) is 4.98 Å². The molecule has 0 fully saturated rings. The molecule has 0 saturated carbocycles. The van der Waals surface area contributed by atoms with Crippen LogP contribution in [0.5, 0.6) is 0 Å². The van der Waals surface area contributed by atoms with E-state index in [1.807, 2.05) is 25.1 Å². The van der Waals surface area contributed by atoms with Gasteiger partial charge in [0.1, 0.15) is 5.25 Å². The van der Waals surface area contributed by atoms with E-state index >= 15 is 0 Å². The smallest absolute Gasteiger partial charge is 0.317 e. The number of H-pyrrole nitrogens is 1. The maximum Gasteiger partial charge on any atom is 0.317 e. The molecule has 0 spiro atoms. The number of benzene rings is 1. The number of carboxylic acids is 1. The number of aromatic amines is 1. The third-order valence-corrected chi connectivity index (χ3v) is 3.94. The lowest BCUT2D eigenvalue weighted by Gasteiger charge is -2.09. The van der Waals surface area contributed by atoms with E-state index in [1.54, 1.807) is 12.1 Å². The van der Waals surface area contributed by atoms with E-state index in [2.05, 4.69) is 4.98 Å². The molecule has 5 heteroatoms. The minimum absolute atomic E-state index is 0.184. The van der Waals surface area contributed by atoms with Crippen LogP contribution in [-0.4, -0.2) is 21.3 Å². The molecular formula is C13H13NO3S. The first-order chi connectivity index (χ1) is 8.61. The van der Waals surface area contributed by atoms with Gasteiger partial charge in [-0.1, -0.05) is 36.9 Å². The highest BCUT2D eigenvalue weighted by Crippen LogP contribution is 2.25. The van der Waals surface area contributed by atoms with Crippen molar-refractivity contribution in [3.8, 4) is 0 Å². The zero-order chi connectivity index (χ0) is 13.1. The predicted octanol–water partition coefficient (Wildman–Crippen LogP) is 2.48. The zero-order valence-electron chi connectivity index (χ0n) is 9.84.